The van der Waals surface area contributed by atoms with Crippen LogP contribution in [0.1, 0.15) is 68.6 Å². The van der Waals surface area contributed by atoms with Crippen LogP contribution in [0.4, 0.5) is 0 Å². The molecule has 0 saturated carbocycles. The standard InChI is InChI=1S/C23H30O/c1-2-3-4-5-6-7-11-15-21-16-12-17-23(24)22(21)19-18-20-13-9-8-10-14-20/h8-10,12-14,16-19,24H,2-7,11,15H2,1H3. The molecule has 1 N–H and O–H groups in total. The number of aryl methyl sites for hydroxylation is 1. The SMILES string of the molecule is CCCCCCCCCc1cccc(O)c1C=Cc1ccccc1. The second-order valence-corrected chi connectivity index (χ2v) is 6.47. The predicted molar refractivity (Wildman–Crippen MR) is 105 cm³/mol. The van der Waals surface area contributed by atoms with Gasteiger partial charge in [0.15, 0.2) is 0 Å². The summed E-state index contributed by atoms with van der Waals surface area (Å²) in [6.45, 7) is 2.26. The van der Waals surface area contributed by atoms with Crippen LogP contribution in [0.2, 0.25) is 0 Å². The molecule has 24 heavy (non-hydrogen) atoms. The van der Waals surface area contributed by atoms with Gasteiger partial charge in [-0.15, -0.1) is 0 Å². The number of aromatic hydroxyl groups is 1. The first-order valence-electron chi connectivity index (χ1n) is 9.35. The van der Waals surface area contributed by atoms with Gasteiger partial charge in [-0.05, 0) is 30.0 Å². The molecule has 0 unspecified atom stereocenters. The van der Waals surface area contributed by atoms with Crippen molar-refractivity contribution in [1.29, 1.82) is 0 Å². The predicted octanol–water partition coefficient (Wildman–Crippen LogP) is 6.86. The zero-order valence-electron chi connectivity index (χ0n) is 14.9. The highest BCUT2D eigenvalue weighted by Crippen LogP contribution is 2.25. The molecular formula is C23H30O. The van der Waals surface area contributed by atoms with Gasteiger partial charge in [0.2, 0.25) is 0 Å². The Hall–Kier alpha value is -2.02. The first kappa shape index (κ1) is 18.3. The monoisotopic (exact) mass is 322 g/mol. The van der Waals surface area contributed by atoms with Crippen molar-refractivity contribution in [1.82, 2.24) is 0 Å². The van der Waals surface area contributed by atoms with Gasteiger partial charge in [0, 0.05) is 5.56 Å². The first-order chi connectivity index (χ1) is 11.8. The van der Waals surface area contributed by atoms with Crippen molar-refractivity contribution in [2.75, 3.05) is 0 Å². The Balaban J connectivity index is 1.91. The highest BCUT2D eigenvalue weighted by molar-refractivity contribution is 5.74. The smallest absolute Gasteiger partial charge is 0.123 e. The molecule has 2 rings (SSSR count). The van der Waals surface area contributed by atoms with E-state index >= 15 is 0 Å². The Morgan fingerprint density at radius 3 is 2.21 bits per heavy atom. The number of unbranched alkanes of at least 4 members (excludes halogenated alkanes) is 6. The van der Waals surface area contributed by atoms with E-state index in [-0.39, 0.29) is 0 Å². The van der Waals surface area contributed by atoms with Crippen LogP contribution in [0.15, 0.2) is 48.5 Å². The van der Waals surface area contributed by atoms with Crippen molar-refractivity contribution >= 4 is 12.2 Å². The van der Waals surface area contributed by atoms with Crippen molar-refractivity contribution in [2.45, 2.75) is 58.3 Å². The minimum absolute atomic E-state index is 0.377. The van der Waals surface area contributed by atoms with Crippen molar-refractivity contribution in [2.24, 2.45) is 0 Å². The molecule has 0 aliphatic rings. The molecule has 1 heteroatoms. The molecule has 0 fully saturated rings. The molecule has 0 atom stereocenters. The number of rotatable bonds is 10. The summed E-state index contributed by atoms with van der Waals surface area (Å²) in [7, 11) is 0. The molecule has 0 amide bonds. The second-order valence-electron chi connectivity index (χ2n) is 6.47. The van der Waals surface area contributed by atoms with E-state index in [1.54, 1.807) is 6.07 Å². The third-order valence-electron chi connectivity index (χ3n) is 4.47. The summed E-state index contributed by atoms with van der Waals surface area (Å²) in [6, 6.07) is 16.1. The van der Waals surface area contributed by atoms with Crippen LogP contribution in [-0.4, -0.2) is 5.11 Å². The average molecular weight is 322 g/mol. The van der Waals surface area contributed by atoms with E-state index in [2.05, 4.69) is 31.2 Å². The molecular weight excluding hydrogens is 292 g/mol. The van der Waals surface area contributed by atoms with E-state index in [0.29, 0.717) is 5.75 Å². The Kier molecular flexibility index (Phi) is 8.17. The molecule has 2 aromatic rings. The third kappa shape index (κ3) is 6.23. The van der Waals surface area contributed by atoms with Crippen LogP contribution >= 0.6 is 0 Å². The van der Waals surface area contributed by atoms with Crippen molar-refractivity contribution < 1.29 is 5.11 Å². The van der Waals surface area contributed by atoms with Gasteiger partial charge >= 0.3 is 0 Å². The number of phenolic OH excluding ortho intramolecular Hbond substituents is 1. The molecule has 1 nitrogen and oxygen atoms in total. The van der Waals surface area contributed by atoms with Gasteiger partial charge in [-0.25, -0.2) is 0 Å². The van der Waals surface area contributed by atoms with Crippen LogP contribution in [0.25, 0.3) is 12.2 Å². The maximum atomic E-state index is 10.2. The van der Waals surface area contributed by atoms with E-state index in [4.69, 9.17) is 0 Å². The van der Waals surface area contributed by atoms with E-state index in [1.165, 1.54) is 50.5 Å². The average Bonchev–Trinajstić information content (AvgIpc) is 2.61. The topological polar surface area (TPSA) is 20.2 Å². The summed E-state index contributed by atoms with van der Waals surface area (Å²) < 4.78 is 0. The third-order valence-corrected chi connectivity index (χ3v) is 4.47. The maximum absolute atomic E-state index is 10.2. The van der Waals surface area contributed by atoms with Gasteiger partial charge in [0.25, 0.3) is 0 Å². The van der Waals surface area contributed by atoms with Gasteiger partial charge in [-0.3, -0.25) is 0 Å². The fourth-order valence-corrected chi connectivity index (χ4v) is 3.03. The van der Waals surface area contributed by atoms with E-state index in [9.17, 15) is 5.11 Å². The lowest BCUT2D eigenvalue weighted by Gasteiger charge is -2.08. The van der Waals surface area contributed by atoms with E-state index in [1.807, 2.05) is 30.3 Å². The number of benzene rings is 2. The Labute approximate surface area is 147 Å². The fraction of sp³-hybridized carbons (Fsp3) is 0.391. The molecule has 0 saturated heterocycles. The quantitative estimate of drug-likeness (QED) is 0.374. The summed E-state index contributed by atoms with van der Waals surface area (Å²) in [4.78, 5) is 0. The van der Waals surface area contributed by atoms with Gasteiger partial charge in [0.1, 0.15) is 5.75 Å². The van der Waals surface area contributed by atoms with Gasteiger partial charge < -0.3 is 5.11 Å². The molecule has 0 heterocycles. The summed E-state index contributed by atoms with van der Waals surface area (Å²) in [5.74, 6) is 0.377. The Morgan fingerprint density at radius 2 is 1.46 bits per heavy atom. The molecule has 128 valence electrons. The second kappa shape index (κ2) is 10.7. The molecule has 0 bridgehead atoms. The van der Waals surface area contributed by atoms with E-state index in [0.717, 1.165) is 17.5 Å². The Morgan fingerprint density at radius 1 is 0.750 bits per heavy atom. The molecule has 0 spiro atoms. The van der Waals surface area contributed by atoms with E-state index < -0.39 is 0 Å². The van der Waals surface area contributed by atoms with Crippen molar-refractivity contribution in [3.63, 3.8) is 0 Å². The maximum Gasteiger partial charge on any atom is 0.123 e. The number of hydrogen-bond donors (Lipinski definition) is 1. The van der Waals surface area contributed by atoms with Gasteiger partial charge in [-0.1, -0.05) is 100 Å². The minimum atomic E-state index is 0.377. The van der Waals surface area contributed by atoms with Crippen molar-refractivity contribution in [3.05, 3.63) is 65.2 Å². The molecule has 0 aromatic heterocycles. The van der Waals surface area contributed by atoms with Gasteiger partial charge in [0.05, 0.1) is 0 Å². The van der Waals surface area contributed by atoms with Crippen molar-refractivity contribution in [3.8, 4) is 5.75 Å². The van der Waals surface area contributed by atoms with Crippen LogP contribution < -0.4 is 0 Å². The Bertz CT molecular complexity index is 613. The highest BCUT2D eigenvalue weighted by Gasteiger charge is 2.04. The summed E-state index contributed by atoms with van der Waals surface area (Å²) in [5.41, 5.74) is 3.37. The minimum Gasteiger partial charge on any atom is -0.507 e. The summed E-state index contributed by atoms with van der Waals surface area (Å²) in [6.07, 6.45) is 14.3. The normalized spacial score (nSPS) is 11.2. The highest BCUT2D eigenvalue weighted by atomic mass is 16.3. The number of hydrogen-bond acceptors (Lipinski definition) is 1. The van der Waals surface area contributed by atoms with Crippen LogP contribution in [0.3, 0.4) is 0 Å². The lowest BCUT2D eigenvalue weighted by atomic mass is 9.98. The van der Waals surface area contributed by atoms with Gasteiger partial charge in [-0.2, -0.15) is 0 Å². The number of phenols is 1. The van der Waals surface area contributed by atoms with Crippen LogP contribution in [0.5, 0.6) is 5.75 Å². The zero-order valence-corrected chi connectivity index (χ0v) is 14.9. The largest absolute Gasteiger partial charge is 0.507 e. The fourth-order valence-electron chi connectivity index (χ4n) is 3.03. The summed E-state index contributed by atoms with van der Waals surface area (Å²) >= 11 is 0. The first-order valence-corrected chi connectivity index (χ1v) is 9.35. The molecule has 0 aliphatic carbocycles. The van der Waals surface area contributed by atoms with Crippen LogP contribution in [0, 0.1) is 0 Å². The molecule has 0 radical (unpaired) electrons. The molecule has 0 aliphatic heterocycles. The van der Waals surface area contributed by atoms with Crippen LogP contribution in [-0.2, 0) is 6.42 Å². The molecule has 2 aromatic carbocycles. The lowest BCUT2D eigenvalue weighted by Crippen LogP contribution is -1.91. The zero-order chi connectivity index (χ0) is 17.0. The summed E-state index contributed by atoms with van der Waals surface area (Å²) in [5, 5.41) is 10.2. The lowest BCUT2D eigenvalue weighted by molar-refractivity contribution is 0.473.